The first-order valence-electron chi connectivity index (χ1n) is 24.5. The highest BCUT2D eigenvalue weighted by molar-refractivity contribution is 5.79. The molecule has 0 radical (unpaired) electrons. The highest BCUT2D eigenvalue weighted by atomic mass is 16.6. The lowest BCUT2D eigenvalue weighted by atomic mass is 9.83. The van der Waals surface area contributed by atoms with Crippen molar-refractivity contribution >= 4 is 23.7 Å². The maximum absolute atomic E-state index is 12.0. The average molecular weight is 861 g/mol. The van der Waals surface area contributed by atoms with E-state index in [1.807, 2.05) is 62.3 Å². The summed E-state index contributed by atoms with van der Waals surface area (Å²) in [7, 11) is 0. The lowest BCUT2D eigenvalue weighted by molar-refractivity contribution is -0.157. The normalized spacial score (nSPS) is 25.9. The summed E-state index contributed by atoms with van der Waals surface area (Å²) in [5.41, 5.74) is -1.11. The second-order valence-electron chi connectivity index (χ2n) is 22.5. The maximum Gasteiger partial charge on any atom is 0.306 e. The summed E-state index contributed by atoms with van der Waals surface area (Å²) in [6, 6.07) is 2.81. The van der Waals surface area contributed by atoms with Crippen molar-refractivity contribution in [2.24, 2.45) is 17.8 Å². The number of esters is 3. The predicted octanol–water partition coefficient (Wildman–Crippen LogP) is 9.08. The highest BCUT2D eigenvalue weighted by Crippen LogP contribution is 2.33. The van der Waals surface area contributed by atoms with Crippen LogP contribution in [-0.4, -0.2) is 137 Å². The second kappa shape index (κ2) is 24.8. The van der Waals surface area contributed by atoms with E-state index in [0.717, 1.165) is 24.9 Å². The molecule has 0 unspecified atom stereocenters. The fraction of sp³-hybridized carbons (Fsp3) is 0.920. The van der Waals surface area contributed by atoms with Crippen LogP contribution in [0.25, 0.3) is 0 Å². The van der Waals surface area contributed by atoms with Gasteiger partial charge in [0.15, 0.2) is 0 Å². The Labute approximate surface area is 373 Å². The zero-order chi connectivity index (χ0) is 45.5. The third-order valence-corrected chi connectivity index (χ3v) is 13.1. The molecule has 0 aromatic heterocycles. The van der Waals surface area contributed by atoms with Crippen LogP contribution in [0.5, 0.6) is 0 Å². The van der Waals surface area contributed by atoms with E-state index in [4.69, 9.17) is 14.2 Å². The van der Waals surface area contributed by atoms with Gasteiger partial charge in [0.05, 0.1) is 0 Å². The molecule has 3 saturated carbocycles. The Bertz CT molecular complexity index is 1230. The fourth-order valence-corrected chi connectivity index (χ4v) is 9.73. The SMILES string of the molecule is CC(C)(C)OC(=O)CC1CCC(=O)CC1.CC(C)N1CCN(C2CCC(CC(=O)OC(C)(C)C)CC2)CC1.CC(C)N1CCN(C2CCC(CC(=O)OC(C)(C)C)CC2)CC1. The van der Waals surface area contributed by atoms with Crippen molar-refractivity contribution in [1.29, 1.82) is 0 Å². The molecule has 354 valence electrons. The molecular formula is C50H92N4O7. The topological polar surface area (TPSA) is 109 Å². The Morgan fingerprint density at radius 1 is 0.459 bits per heavy atom. The number of rotatable bonds is 10. The summed E-state index contributed by atoms with van der Waals surface area (Å²) in [6.07, 6.45) is 14.3. The lowest BCUT2D eigenvalue weighted by Gasteiger charge is -2.43. The zero-order valence-corrected chi connectivity index (χ0v) is 41.5. The van der Waals surface area contributed by atoms with E-state index < -0.39 is 5.60 Å². The number of ketones is 1. The van der Waals surface area contributed by atoms with Crippen molar-refractivity contribution in [3.63, 3.8) is 0 Å². The van der Waals surface area contributed by atoms with Crippen molar-refractivity contribution in [3.8, 4) is 0 Å². The first-order valence-corrected chi connectivity index (χ1v) is 24.5. The molecule has 5 rings (SSSR count). The smallest absolute Gasteiger partial charge is 0.306 e. The molecule has 11 heteroatoms. The van der Waals surface area contributed by atoms with Crippen molar-refractivity contribution in [2.75, 3.05) is 52.4 Å². The minimum atomic E-state index is -0.401. The number of Topliss-reactive ketones (excluding diaryl/α,β-unsaturated/α-hetero) is 1. The van der Waals surface area contributed by atoms with Gasteiger partial charge in [0.25, 0.3) is 0 Å². The number of carbonyl (C=O) groups is 4. The number of carbonyl (C=O) groups excluding carboxylic acids is 4. The van der Waals surface area contributed by atoms with Gasteiger partial charge in [0.1, 0.15) is 22.6 Å². The average Bonchev–Trinajstić information content (AvgIpc) is 3.15. The lowest BCUT2D eigenvalue weighted by Crippen LogP contribution is -2.52. The minimum absolute atomic E-state index is 0.0218. The molecule has 3 aliphatic carbocycles. The van der Waals surface area contributed by atoms with E-state index in [2.05, 4.69) is 47.3 Å². The van der Waals surface area contributed by atoms with E-state index in [0.29, 0.717) is 67.7 Å². The molecular weight excluding hydrogens is 769 g/mol. The maximum atomic E-state index is 12.0. The van der Waals surface area contributed by atoms with E-state index >= 15 is 0 Å². The number of hydrogen-bond acceptors (Lipinski definition) is 11. The van der Waals surface area contributed by atoms with E-state index in [-0.39, 0.29) is 29.1 Å². The number of ether oxygens (including phenoxy) is 3. The summed E-state index contributed by atoms with van der Waals surface area (Å²) < 4.78 is 16.2. The molecule has 5 aliphatic rings. The van der Waals surface area contributed by atoms with Crippen LogP contribution in [0, 0.1) is 17.8 Å². The van der Waals surface area contributed by atoms with E-state index in [1.54, 1.807) is 0 Å². The van der Waals surface area contributed by atoms with Crippen LogP contribution in [0.15, 0.2) is 0 Å². The number of nitrogens with zero attached hydrogens (tertiary/aromatic N) is 4. The molecule has 2 heterocycles. The van der Waals surface area contributed by atoms with Crippen molar-refractivity contribution < 1.29 is 33.4 Å². The molecule has 0 aromatic carbocycles. The van der Waals surface area contributed by atoms with Gasteiger partial charge >= 0.3 is 17.9 Å². The quantitative estimate of drug-likeness (QED) is 0.155. The van der Waals surface area contributed by atoms with Gasteiger partial charge < -0.3 is 14.2 Å². The Kier molecular flexibility index (Phi) is 21.7. The van der Waals surface area contributed by atoms with Gasteiger partial charge in [0.2, 0.25) is 0 Å². The monoisotopic (exact) mass is 861 g/mol. The van der Waals surface area contributed by atoms with Crippen molar-refractivity contribution in [3.05, 3.63) is 0 Å². The summed E-state index contributed by atoms with van der Waals surface area (Å²) in [4.78, 5) is 57.0. The number of hydrogen-bond donors (Lipinski definition) is 0. The third-order valence-electron chi connectivity index (χ3n) is 13.1. The largest absolute Gasteiger partial charge is 0.460 e. The molecule has 61 heavy (non-hydrogen) atoms. The van der Waals surface area contributed by atoms with Crippen LogP contribution in [0.3, 0.4) is 0 Å². The standard InChI is InChI=1S/2C19H36N2O2.C12H20O3/c2*1-15(2)20-10-12-21(13-11-20)17-8-6-16(7-9-17)14-18(22)23-19(3,4)5;1-12(2,3)15-11(14)8-9-4-6-10(13)7-5-9/h2*15-17H,6-14H2,1-5H3;9H,4-8H2,1-3H3. The minimum Gasteiger partial charge on any atom is -0.460 e. The summed E-state index contributed by atoms with van der Waals surface area (Å²) >= 11 is 0. The summed E-state index contributed by atoms with van der Waals surface area (Å²) in [6.45, 7) is 36.1. The fourth-order valence-electron chi connectivity index (χ4n) is 9.73. The van der Waals surface area contributed by atoms with Gasteiger partial charge in [-0.2, -0.15) is 0 Å². The number of piperazine rings is 2. The molecule has 0 bridgehead atoms. The van der Waals surface area contributed by atoms with Crippen molar-refractivity contribution in [1.82, 2.24) is 19.6 Å². The van der Waals surface area contributed by atoms with Crippen molar-refractivity contribution in [2.45, 2.75) is 227 Å². The Hall–Kier alpha value is -2.08. The first-order chi connectivity index (χ1) is 28.4. The molecule has 11 nitrogen and oxygen atoms in total. The second-order valence-corrected chi connectivity index (χ2v) is 22.5. The van der Waals surface area contributed by atoms with E-state index in [1.165, 1.54) is 104 Å². The van der Waals surface area contributed by atoms with Gasteiger partial charge in [-0.3, -0.25) is 38.8 Å². The Balaban J connectivity index is 0.000000250. The molecule has 2 aliphatic heterocycles. The van der Waals surface area contributed by atoms with Gasteiger partial charge in [-0.05, 0) is 172 Å². The van der Waals surface area contributed by atoms with Crippen LogP contribution in [0.1, 0.15) is 186 Å². The molecule has 0 spiro atoms. The Morgan fingerprint density at radius 2 is 0.721 bits per heavy atom. The summed E-state index contributed by atoms with van der Waals surface area (Å²) in [5.74, 6) is 1.55. The zero-order valence-electron chi connectivity index (χ0n) is 41.5. The van der Waals surface area contributed by atoms with Crippen LogP contribution < -0.4 is 0 Å². The van der Waals surface area contributed by atoms with Gasteiger partial charge in [0, 0.05) is 109 Å². The Morgan fingerprint density at radius 3 is 0.967 bits per heavy atom. The van der Waals surface area contributed by atoms with Gasteiger partial charge in [-0.15, -0.1) is 0 Å². The summed E-state index contributed by atoms with van der Waals surface area (Å²) in [5, 5.41) is 0. The van der Waals surface area contributed by atoms with Crippen LogP contribution in [0.2, 0.25) is 0 Å². The molecule has 5 fully saturated rings. The van der Waals surface area contributed by atoms with Crippen LogP contribution >= 0.6 is 0 Å². The molecule has 2 saturated heterocycles. The van der Waals surface area contributed by atoms with Crippen LogP contribution in [-0.2, 0) is 33.4 Å². The molecule has 0 amide bonds. The third kappa shape index (κ3) is 21.9. The van der Waals surface area contributed by atoms with Crippen LogP contribution in [0.4, 0.5) is 0 Å². The predicted molar refractivity (Wildman–Crippen MR) is 246 cm³/mol. The van der Waals surface area contributed by atoms with E-state index in [9.17, 15) is 19.2 Å². The molecule has 0 atom stereocenters. The van der Waals surface area contributed by atoms with Gasteiger partial charge in [-0.1, -0.05) is 0 Å². The highest BCUT2D eigenvalue weighted by Gasteiger charge is 2.32. The first kappa shape index (κ1) is 53.3. The molecule has 0 N–H and O–H groups in total. The van der Waals surface area contributed by atoms with Gasteiger partial charge in [-0.25, -0.2) is 0 Å². The molecule has 0 aromatic rings.